The first kappa shape index (κ1) is 19.0. The minimum Gasteiger partial charge on any atom is -0.479 e. The van der Waals surface area contributed by atoms with E-state index in [9.17, 15) is 14.7 Å². The lowest BCUT2D eigenvalue weighted by Crippen LogP contribution is -2.39. The predicted octanol–water partition coefficient (Wildman–Crippen LogP) is 4.54. The molecule has 0 aromatic heterocycles. The van der Waals surface area contributed by atoms with Gasteiger partial charge in [-0.1, -0.05) is 58.4 Å². The Labute approximate surface area is 155 Å². The highest BCUT2D eigenvalue weighted by Crippen LogP contribution is 2.29. The molecule has 0 aliphatic carbocycles. The van der Waals surface area contributed by atoms with Crippen molar-refractivity contribution in [3.05, 3.63) is 69.7 Å². The molecule has 25 heavy (non-hydrogen) atoms. The normalized spacial score (nSPS) is 11.6. The number of halogens is 1. The number of hydrogen-bond donors (Lipinski definition) is 1. The van der Waals surface area contributed by atoms with Crippen LogP contribution in [0.25, 0.3) is 0 Å². The number of ether oxygens (including phenoxy) is 1. The van der Waals surface area contributed by atoms with Crippen molar-refractivity contribution < 1.29 is 19.4 Å². The number of amides is 1. The van der Waals surface area contributed by atoms with E-state index in [0.29, 0.717) is 10.0 Å². The Hall–Kier alpha value is -2.34. The molecule has 132 valence electrons. The Morgan fingerprint density at radius 3 is 2.44 bits per heavy atom. The summed E-state index contributed by atoms with van der Waals surface area (Å²) in [5, 5.41) is 9.69. The maximum atomic E-state index is 12.5. The zero-order valence-electron chi connectivity index (χ0n) is 14.1. The van der Waals surface area contributed by atoms with Gasteiger partial charge in [0.15, 0.2) is 6.04 Å². The first-order valence-electron chi connectivity index (χ1n) is 7.90. The van der Waals surface area contributed by atoms with Gasteiger partial charge in [0.1, 0.15) is 6.61 Å². The fraction of sp³-hybridized carbons (Fsp3) is 0.263. The molecule has 0 saturated carbocycles. The molecule has 0 heterocycles. The molecule has 1 unspecified atom stereocenters. The average molecular weight is 406 g/mol. The van der Waals surface area contributed by atoms with Gasteiger partial charge in [-0.3, -0.25) is 4.90 Å². The molecule has 0 radical (unpaired) electrons. The van der Waals surface area contributed by atoms with Crippen molar-refractivity contribution in [1.82, 2.24) is 4.90 Å². The molecule has 6 heteroatoms. The minimum absolute atomic E-state index is 0.0948. The van der Waals surface area contributed by atoms with Gasteiger partial charge in [-0.25, -0.2) is 9.59 Å². The van der Waals surface area contributed by atoms with Crippen LogP contribution in [0.15, 0.2) is 53.0 Å². The lowest BCUT2D eigenvalue weighted by atomic mass is 10.0. The van der Waals surface area contributed by atoms with Crippen LogP contribution >= 0.6 is 15.9 Å². The van der Waals surface area contributed by atoms with Crippen LogP contribution in [0.4, 0.5) is 4.79 Å². The highest BCUT2D eigenvalue weighted by Gasteiger charge is 2.32. The molecule has 5 nitrogen and oxygen atoms in total. The van der Waals surface area contributed by atoms with E-state index in [1.165, 1.54) is 4.90 Å². The van der Waals surface area contributed by atoms with E-state index >= 15 is 0 Å². The second kappa shape index (κ2) is 8.67. The van der Waals surface area contributed by atoms with Crippen LogP contribution in [0, 0.1) is 6.92 Å². The molecule has 2 rings (SSSR count). The van der Waals surface area contributed by atoms with Gasteiger partial charge in [-0.15, -0.1) is 0 Å². The van der Waals surface area contributed by atoms with Gasteiger partial charge in [0.2, 0.25) is 0 Å². The average Bonchev–Trinajstić information content (AvgIpc) is 2.59. The van der Waals surface area contributed by atoms with Crippen molar-refractivity contribution in [3.8, 4) is 0 Å². The van der Waals surface area contributed by atoms with E-state index in [0.717, 1.165) is 11.1 Å². The van der Waals surface area contributed by atoms with Crippen LogP contribution < -0.4 is 0 Å². The summed E-state index contributed by atoms with van der Waals surface area (Å²) in [4.78, 5) is 25.5. The van der Waals surface area contributed by atoms with Crippen LogP contribution in [-0.2, 0) is 16.1 Å². The van der Waals surface area contributed by atoms with Gasteiger partial charge >= 0.3 is 12.1 Å². The SMILES string of the molecule is CCN(C(=O)OCc1ccccc1)C(C(=O)O)c1ccc(C)cc1Br. The van der Waals surface area contributed by atoms with Gasteiger partial charge in [-0.2, -0.15) is 0 Å². The smallest absolute Gasteiger partial charge is 0.411 e. The summed E-state index contributed by atoms with van der Waals surface area (Å²) in [6, 6.07) is 13.5. The van der Waals surface area contributed by atoms with E-state index < -0.39 is 18.1 Å². The molecule has 0 aliphatic heterocycles. The van der Waals surface area contributed by atoms with Gasteiger partial charge in [0.25, 0.3) is 0 Å². The maximum Gasteiger partial charge on any atom is 0.411 e. The molecule has 1 atom stereocenters. The van der Waals surface area contributed by atoms with Crippen LogP contribution in [-0.4, -0.2) is 28.6 Å². The minimum atomic E-state index is -1.12. The van der Waals surface area contributed by atoms with E-state index in [-0.39, 0.29) is 13.2 Å². The Balaban J connectivity index is 2.21. The van der Waals surface area contributed by atoms with E-state index in [2.05, 4.69) is 15.9 Å². The number of hydrogen-bond acceptors (Lipinski definition) is 3. The summed E-state index contributed by atoms with van der Waals surface area (Å²) in [7, 11) is 0. The van der Waals surface area contributed by atoms with E-state index in [1.807, 2.05) is 49.4 Å². The van der Waals surface area contributed by atoms with Crippen molar-refractivity contribution >= 4 is 28.0 Å². The molecule has 1 N–H and O–H groups in total. The predicted molar refractivity (Wildman–Crippen MR) is 98.3 cm³/mol. The van der Waals surface area contributed by atoms with Crippen molar-refractivity contribution in [2.45, 2.75) is 26.5 Å². The highest BCUT2D eigenvalue weighted by atomic mass is 79.9. The van der Waals surface area contributed by atoms with Crippen molar-refractivity contribution in [2.24, 2.45) is 0 Å². The number of carboxylic acid groups (broad SMARTS) is 1. The Morgan fingerprint density at radius 2 is 1.88 bits per heavy atom. The third kappa shape index (κ3) is 4.82. The number of carbonyl (C=O) groups is 2. The number of aryl methyl sites for hydroxylation is 1. The molecule has 0 bridgehead atoms. The van der Waals surface area contributed by atoms with Crippen molar-refractivity contribution in [2.75, 3.05) is 6.54 Å². The molecule has 2 aromatic rings. The van der Waals surface area contributed by atoms with Crippen LogP contribution in [0.5, 0.6) is 0 Å². The van der Waals surface area contributed by atoms with Gasteiger partial charge in [0, 0.05) is 16.6 Å². The second-order valence-corrected chi connectivity index (χ2v) is 6.45. The van der Waals surface area contributed by atoms with Crippen molar-refractivity contribution in [3.63, 3.8) is 0 Å². The van der Waals surface area contributed by atoms with Crippen LogP contribution in [0.3, 0.4) is 0 Å². The zero-order chi connectivity index (χ0) is 18.4. The monoisotopic (exact) mass is 405 g/mol. The standard InChI is InChI=1S/C19H20BrNO4/c1-3-21(19(24)25-12-14-7-5-4-6-8-14)17(18(22)23)15-10-9-13(2)11-16(15)20/h4-11,17H,3,12H2,1-2H3,(H,22,23). The summed E-state index contributed by atoms with van der Waals surface area (Å²) in [6.45, 7) is 3.94. The maximum absolute atomic E-state index is 12.5. The van der Waals surface area contributed by atoms with Gasteiger partial charge in [-0.05, 0) is 31.0 Å². The largest absolute Gasteiger partial charge is 0.479 e. The van der Waals surface area contributed by atoms with Gasteiger partial charge in [0.05, 0.1) is 0 Å². The number of carbonyl (C=O) groups excluding carboxylic acids is 1. The molecule has 0 aliphatic rings. The summed E-state index contributed by atoms with van der Waals surface area (Å²) < 4.78 is 5.95. The highest BCUT2D eigenvalue weighted by molar-refractivity contribution is 9.10. The lowest BCUT2D eigenvalue weighted by molar-refractivity contribution is -0.143. The Bertz CT molecular complexity index is 748. The molecule has 0 fully saturated rings. The van der Waals surface area contributed by atoms with Crippen LogP contribution in [0.2, 0.25) is 0 Å². The summed E-state index contributed by atoms with van der Waals surface area (Å²) in [5.74, 6) is -1.11. The lowest BCUT2D eigenvalue weighted by Gasteiger charge is -2.28. The van der Waals surface area contributed by atoms with E-state index in [4.69, 9.17) is 4.74 Å². The third-order valence-corrected chi connectivity index (χ3v) is 4.46. The van der Waals surface area contributed by atoms with Gasteiger partial charge < -0.3 is 9.84 Å². The fourth-order valence-electron chi connectivity index (χ4n) is 2.51. The molecule has 0 saturated heterocycles. The number of carboxylic acids is 1. The number of aliphatic carboxylic acids is 1. The second-order valence-electron chi connectivity index (χ2n) is 5.59. The summed E-state index contributed by atoms with van der Waals surface area (Å²) in [6.07, 6.45) is -0.661. The van der Waals surface area contributed by atoms with Crippen LogP contribution in [0.1, 0.15) is 29.7 Å². The molecule has 0 spiro atoms. The zero-order valence-corrected chi connectivity index (χ0v) is 15.7. The fourth-order valence-corrected chi connectivity index (χ4v) is 3.22. The van der Waals surface area contributed by atoms with Crippen molar-refractivity contribution in [1.29, 1.82) is 0 Å². The Kier molecular flexibility index (Phi) is 6.58. The number of benzene rings is 2. The van der Waals surface area contributed by atoms with E-state index in [1.54, 1.807) is 13.0 Å². The molecular weight excluding hydrogens is 386 g/mol. The first-order chi connectivity index (χ1) is 11.9. The third-order valence-electron chi connectivity index (χ3n) is 3.78. The molecule has 2 aromatic carbocycles. The number of nitrogens with zero attached hydrogens (tertiary/aromatic N) is 1. The number of rotatable bonds is 6. The first-order valence-corrected chi connectivity index (χ1v) is 8.69. The Morgan fingerprint density at radius 1 is 1.20 bits per heavy atom. The number of likely N-dealkylation sites (N-methyl/N-ethyl adjacent to an activating group) is 1. The molecule has 1 amide bonds. The summed E-state index contributed by atoms with van der Waals surface area (Å²) in [5.41, 5.74) is 2.35. The quantitative estimate of drug-likeness (QED) is 0.765. The molecular formula is C19H20BrNO4. The summed E-state index contributed by atoms with van der Waals surface area (Å²) >= 11 is 3.40. The topological polar surface area (TPSA) is 66.8 Å².